The predicted molar refractivity (Wildman–Crippen MR) is 164 cm³/mol. The number of hydrogen-bond donors (Lipinski definition) is 4. The van der Waals surface area contributed by atoms with Crippen LogP contribution in [0.2, 0.25) is 0 Å². The molecule has 0 aromatic heterocycles. The predicted octanol–water partition coefficient (Wildman–Crippen LogP) is 3.78. The first-order chi connectivity index (χ1) is 21.0. The molecule has 5 aliphatic carbocycles. The van der Waals surface area contributed by atoms with E-state index in [9.17, 15) is 20.4 Å². The number of methoxy groups -OCH3 is 1. The summed E-state index contributed by atoms with van der Waals surface area (Å²) in [7, 11) is 1.74. The lowest BCUT2D eigenvalue weighted by atomic mass is 9.41. The quantitative estimate of drug-likeness (QED) is 0.342. The Morgan fingerprint density at radius 1 is 0.844 bits per heavy atom. The molecule has 4 N–H and O–H groups in total. The largest absolute Gasteiger partial charge is 0.388 e. The molecule has 9 nitrogen and oxygen atoms in total. The van der Waals surface area contributed by atoms with E-state index in [2.05, 4.69) is 48.5 Å². The van der Waals surface area contributed by atoms with Gasteiger partial charge in [0.15, 0.2) is 12.1 Å². The molecule has 3 spiro atoms. The van der Waals surface area contributed by atoms with Gasteiger partial charge < -0.3 is 44.1 Å². The SMILES string of the molecule is COC(C)(C)[C@H]1O[C@@]23O[C@@H]1C[C@@H](C)[C@@H]2[C@@]1(C)CC[C@@]24C[C@@]25CC[C@H](O[C@@H]2OC[C@H](O)[C@H](O)[C@H]2O)C(C)(C)C5CCC4[C@]1(C)[C@H]3O. The van der Waals surface area contributed by atoms with E-state index in [1.54, 1.807) is 7.11 Å². The summed E-state index contributed by atoms with van der Waals surface area (Å²) < 4.78 is 32.1. The van der Waals surface area contributed by atoms with Crippen molar-refractivity contribution in [2.24, 2.45) is 50.7 Å². The van der Waals surface area contributed by atoms with Crippen LogP contribution in [0.25, 0.3) is 0 Å². The molecule has 2 bridgehead atoms. The molecule has 8 rings (SSSR count). The highest BCUT2D eigenvalue weighted by atomic mass is 16.8. The molecule has 8 aliphatic rings. The monoisotopic (exact) mass is 634 g/mol. The first-order valence-electron chi connectivity index (χ1n) is 17.9. The fourth-order valence-electron chi connectivity index (χ4n) is 14.1. The van der Waals surface area contributed by atoms with Crippen LogP contribution in [0.5, 0.6) is 0 Å². The van der Waals surface area contributed by atoms with Gasteiger partial charge in [-0.15, -0.1) is 0 Å². The van der Waals surface area contributed by atoms with Crippen LogP contribution in [0.1, 0.15) is 99.8 Å². The lowest BCUT2D eigenvalue weighted by Crippen LogP contribution is -2.61. The average molecular weight is 635 g/mol. The normalized spacial score (nSPS) is 61.1. The summed E-state index contributed by atoms with van der Waals surface area (Å²) >= 11 is 0. The molecular formula is C36H58O9. The van der Waals surface area contributed by atoms with E-state index in [4.69, 9.17) is 23.7 Å². The molecule has 0 aromatic carbocycles. The Labute approximate surface area is 268 Å². The van der Waals surface area contributed by atoms with Gasteiger partial charge in [0.1, 0.15) is 30.5 Å². The zero-order valence-electron chi connectivity index (χ0n) is 28.6. The summed E-state index contributed by atoms with van der Waals surface area (Å²) in [5.74, 6) is 0.346. The van der Waals surface area contributed by atoms with Crippen molar-refractivity contribution in [2.45, 2.75) is 160 Å². The molecule has 5 saturated carbocycles. The highest BCUT2D eigenvalue weighted by molar-refractivity contribution is 5.34. The smallest absolute Gasteiger partial charge is 0.199 e. The lowest BCUT2D eigenvalue weighted by molar-refractivity contribution is -0.303. The molecule has 3 heterocycles. The zero-order valence-corrected chi connectivity index (χ0v) is 28.6. The molecule has 256 valence electrons. The Bertz CT molecular complexity index is 1220. The minimum absolute atomic E-state index is 0.0487. The van der Waals surface area contributed by atoms with Crippen molar-refractivity contribution in [2.75, 3.05) is 13.7 Å². The molecule has 45 heavy (non-hydrogen) atoms. The highest BCUT2D eigenvalue weighted by Crippen LogP contribution is 2.90. The maximum absolute atomic E-state index is 12.8. The summed E-state index contributed by atoms with van der Waals surface area (Å²) in [5.41, 5.74) is -0.717. The van der Waals surface area contributed by atoms with Gasteiger partial charge in [-0.1, -0.05) is 34.6 Å². The van der Waals surface area contributed by atoms with Gasteiger partial charge in [0.05, 0.1) is 24.4 Å². The van der Waals surface area contributed by atoms with E-state index < -0.39 is 42.1 Å². The van der Waals surface area contributed by atoms with Gasteiger partial charge in [0.25, 0.3) is 0 Å². The summed E-state index contributed by atoms with van der Waals surface area (Å²) in [4.78, 5) is 0. The molecule has 3 aliphatic heterocycles. The number of aliphatic hydroxyl groups excluding tert-OH is 4. The van der Waals surface area contributed by atoms with Crippen LogP contribution in [0.3, 0.4) is 0 Å². The Kier molecular flexibility index (Phi) is 6.69. The molecule has 17 atom stereocenters. The van der Waals surface area contributed by atoms with Crippen LogP contribution in [0.15, 0.2) is 0 Å². The molecule has 0 aromatic rings. The van der Waals surface area contributed by atoms with Gasteiger partial charge in [0, 0.05) is 18.4 Å². The molecule has 3 saturated heterocycles. The van der Waals surface area contributed by atoms with Crippen molar-refractivity contribution in [1.82, 2.24) is 0 Å². The van der Waals surface area contributed by atoms with Gasteiger partial charge >= 0.3 is 0 Å². The fourth-order valence-corrected chi connectivity index (χ4v) is 14.1. The lowest BCUT2D eigenvalue weighted by Gasteiger charge is -2.63. The minimum Gasteiger partial charge on any atom is -0.388 e. The number of rotatable bonds is 4. The summed E-state index contributed by atoms with van der Waals surface area (Å²) in [6, 6.07) is 0. The Morgan fingerprint density at radius 2 is 1.53 bits per heavy atom. The van der Waals surface area contributed by atoms with Gasteiger partial charge in [0.2, 0.25) is 0 Å². The number of ether oxygens (including phenoxy) is 5. The molecule has 2 unspecified atom stereocenters. The van der Waals surface area contributed by atoms with Gasteiger partial charge in [-0.25, -0.2) is 0 Å². The van der Waals surface area contributed by atoms with E-state index >= 15 is 0 Å². The minimum atomic E-state index is -1.28. The van der Waals surface area contributed by atoms with Gasteiger partial charge in [-0.05, 0) is 105 Å². The average Bonchev–Trinajstić information content (AvgIpc) is 3.50. The number of aliphatic hydroxyl groups is 4. The summed E-state index contributed by atoms with van der Waals surface area (Å²) in [5, 5.41) is 43.6. The van der Waals surface area contributed by atoms with Crippen LogP contribution in [-0.2, 0) is 23.7 Å². The molecule has 0 amide bonds. The fraction of sp³-hybridized carbons (Fsp3) is 1.00. The first kappa shape index (κ1) is 31.9. The van der Waals surface area contributed by atoms with Crippen molar-refractivity contribution in [3.63, 3.8) is 0 Å². The van der Waals surface area contributed by atoms with E-state index in [1.807, 2.05) is 0 Å². The van der Waals surface area contributed by atoms with Gasteiger partial charge in [-0.2, -0.15) is 0 Å². The van der Waals surface area contributed by atoms with Crippen LogP contribution in [-0.4, -0.2) is 94.5 Å². The second-order valence-corrected chi connectivity index (χ2v) is 18.4. The maximum Gasteiger partial charge on any atom is 0.199 e. The second-order valence-electron chi connectivity index (χ2n) is 18.4. The van der Waals surface area contributed by atoms with Crippen molar-refractivity contribution in [3.8, 4) is 0 Å². The Balaban J connectivity index is 1.10. The van der Waals surface area contributed by atoms with Crippen LogP contribution < -0.4 is 0 Å². The summed E-state index contributed by atoms with van der Waals surface area (Å²) in [6.45, 7) is 16.0. The standard InChI is InChI=1S/C36H58O9/c1-18-15-20-27(31(4,5)41-8)45-36(44-20)26(18)32(6)13-14-35-17-34(35)12-11-23(43-28-25(39)24(38)19(37)16-42-28)30(2,3)21(34)9-10-22(35)33(32,7)29(36)40/h18-29,37-40H,9-17H2,1-8H3/t18-,19+,20-,21?,22?,23+,24+,25-,26-,27+,28+,29-,32-,33-,34-,35+,36+/m1/s1. The van der Waals surface area contributed by atoms with Crippen molar-refractivity contribution in [1.29, 1.82) is 0 Å². The van der Waals surface area contributed by atoms with Crippen LogP contribution in [0, 0.1) is 50.7 Å². The number of hydrogen-bond acceptors (Lipinski definition) is 9. The third-order valence-electron chi connectivity index (χ3n) is 16.4. The van der Waals surface area contributed by atoms with Crippen molar-refractivity contribution < 1.29 is 44.1 Å². The molecular weight excluding hydrogens is 576 g/mol. The Hall–Kier alpha value is -0.360. The first-order valence-corrected chi connectivity index (χ1v) is 17.9. The number of fused-ring (bicyclic) bond motifs is 4. The van der Waals surface area contributed by atoms with E-state index in [0.717, 1.165) is 38.5 Å². The van der Waals surface area contributed by atoms with Crippen molar-refractivity contribution in [3.05, 3.63) is 0 Å². The van der Waals surface area contributed by atoms with Crippen molar-refractivity contribution >= 4 is 0 Å². The van der Waals surface area contributed by atoms with E-state index in [0.29, 0.717) is 17.8 Å². The van der Waals surface area contributed by atoms with Crippen LogP contribution >= 0.6 is 0 Å². The van der Waals surface area contributed by atoms with E-state index in [-0.39, 0.29) is 57.9 Å². The third kappa shape index (κ3) is 3.57. The summed E-state index contributed by atoms with van der Waals surface area (Å²) in [6.07, 6.45) is 2.70. The van der Waals surface area contributed by atoms with E-state index in [1.165, 1.54) is 12.8 Å². The van der Waals surface area contributed by atoms with Gasteiger partial charge in [-0.3, -0.25) is 0 Å². The molecule has 8 fully saturated rings. The van der Waals surface area contributed by atoms with Crippen LogP contribution in [0.4, 0.5) is 0 Å². The topological polar surface area (TPSA) is 127 Å². The second kappa shape index (κ2) is 9.45. The zero-order chi connectivity index (χ0) is 32.3. The Morgan fingerprint density at radius 3 is 2.24 bits per heavy atom. The third-order valence-corrected chi connectivity index (χ3v) is 16.4. The molecule has 9 heteroatoms. The molecule has 0 radical (unpaired) electrons. The highest BCUT2D eigenvalue weighted by Gasteiger charge is 2.88. The maximum atomic E-state index is 12.8.